The number of likely N-dealkylation sites (tertiary alicyclic amines) is 1. The van der Waals surface area contributed by atoms with Crippen molar-refractivity contribution in [2.75, 3.05) is 13.1 Å². The molecule has 1 heterocycles. The summed E-state index contributed by atoms with van der Waals surface area (Å²) in [7, 11) is 0. The lowest BCUT2D eigenvalue weighted by Gasteiger charge is -2.29. The van der Waals surface area contributed by atoms with Gasteiger partial charge in [-0.25, -0.2) is 4.79 Å². The van der Waals surface area contributed by atoms with Gasteiger partial charge in [0, 0.05) is 13.1 Å². The number of nitrogens with one attached hydrogen (secondary N) is 3. The van der Waals surface area contributed by atoms with Crippen LogP contribution in [0, 0.1) is 11.8 Å². The van der Waals surface area contributed by atoms with Crippen molar-refractivity contribution in [3.05, 3.63) is 0 Å². The van der Waals surface area contributed by atoms with E-state index >= 15 is 0 Å². The number of hydrogen-bond donors (Lipinski definition) is 7. The predicted octanol–water partition coefficient (Wildman–Crippen LogP) is -1.38. The molecule has 0 saturated carbocycles. The second-order valence-electron chi connectivity index (χ2n) is 10.7. The number of amides is 4. The highest BCUT2D eigenvalue weighted by molar-refractivity contribution is 5.95. The zero-order valence-corrected chi connectivity index (χ0v) is 23.6. The summed E-state index contributed by atoms with van der Waals surface area (Å²) in [6.45, 7) is 9.23. The lowest BCUT2D eigenvalue weighted by molar-refractivity contribution is -0.143. The number of carbonyl (C=O) groups is 5. The van der Waals surface area contributed by atoms with Crippen molar-refractivity contribution in [1.29, 1.82) is 0 Å². The van der Waals surface area contributed by atoms with Crippen LogP contribution in [0.15, 0.2) is 4.99 Å². The summed E-state index contributed by atoms with van der Waals surface area (Å²) in [5, 5.41) is 17.4. The van der Waals surface area contributed by atoms with E-state index < -0.39 is 59.8 Å². The average Bonchev–Trinajstić information content (AvgIpc) is 3.32. The summed E-state index contributed by atoms with van der Waals surface area (Å²) in [6, 6.07) is -4.74. The molecule has 0 unspecified atom stereocenters. The third-order valence-electron chi connectivity index (χ3n) is 6.38. The van der Waals surface area contributed by atoms with Crippen molar-refractivity contribution in [2.45, 2.75) is 96.9 Å². The van der Waals surface area contributed by atoms with Gasteiger partial charge in [0.2, 0.25) is 23.6 Å². The van der Waals surface area contributed by atoms with E-state index in [9.17, 15) is 29.1 Å². The fourth-order valence-corrected chi connectivity index (χ4v) is 4.35. The van der Waals surface area contributed by atoms with Gasteiger partial charge in [0.25, 0.3) is 0 Å². The van der Waals surface area contributed by atoms with Crippen LogP contribution in [0.3, 0.4) is 0 Å². The highest BCUT2D eigenvalue weighted by atomic mass is 16.4. The Labute approximate surface area is 229 Å². The fraction of sp³-hybridized carbons (Fsp3) is 0.760. The molecule has 39 heavy (non-hydrogen) atoms. The normalized spacial score (nSPS) is 18.2. The van der Waals surface area contributed by atoms with E-state index in [1.54, 1.807) is 20.8 Å². The standard InChI is InChI=1S/C25H46N8O6/c1-13(2)12-17(31-22(36)18-9-7-11-33(18)23(37)15(5)26)21(35)30-16(8-6-10-29-25(27)28)20(34)32-19(14(3)4)24(38)39/h13-19H,6-12,26H2,1-5H3,(H,30,35)(H,31,36)(H,32,34)(H,38,39)(H4,27,28,29)/t15-,16-,17-,18-,19-/m0/s1. The van der Waals surface area contributed by atoms with Crippen LogP contribution in [0.1, 0.15) is 66.7 Å². The Morgan fingerprint density at radius 3 is 2.10 bits per heavy atom. The quantitative estimate of drug-likeness (QED) is 0.0716. The van der Waals surface area contributed by atoms with Gasteiger partial charge in [-0.1, -0.05) is 27.7 Å². The summed E-state index contributed by atoms with van der Waals surface area (Å²) in [5.74, 6) is -3.78. The molecule has 1 saturated heterocycles. The molecule has 0 aromatic rings. The maximum absolute atomic E-state index is 13.4. The third kappa shape index (κ3) is 11.1. The lowest BCUT2D eigenvalue weighted by atomic mass is 10.0. The van der Waals surface area contributed by atoms with E-state index in [0.717, 1.165) is 0 Å². The molecule has 14 heteroatoms. The van der Waals surface area contributed by atoms with Crippen LogP contribution >= 0.6 is 0 Å². The van der Waals surface area contributed by atoms with Gasteiger partial charge < -0.3 is 43.2 Å². The zero-order valence-electron chi connectivity index (χ0n) is 23.6. The first kappa shape index (κ1) is 33.6. The van der Waals surface area contributed by atoms with Crippen molar-refractivity contribution in [3.8, 4) is 0 Å². The Kier molecular flexibility index (Phi) is 13.7. The smallest absolute Gasteiger partial charge is 0.326 e. The molecule has 10 N–H and O–H groups in total. The molecule has 222 valence electrons. The molecule has 0 bridgehead atoms. The number of aliphatic imine (C=N–C) groups is 1. The first-order valence-electron chi connectivity index (χ1n) is 13.4. The van der Waals surface area contributed by atoms with E-state index in [2.05, 4.69) is 20.9 Å². The summed E-state index contributed by atoms with van der Waals surface area (Å²) < 4.78 is 0. The second-order valence-corrected chi connectivity index (χ2v) is 10.7. The molecule has 5 atom stereocenters. The minimum Gasteiger partial charge on any atom is -0.480 e. The zero-order chi connectivity index (χ0) is 29.9. The molecule has 1 fully saturated rings. The molecule has 1 rings (SSSR count). The first-order chi connectivity index (χ1) is 18.1. The molecule has 4 amide bonds. The maximum atomic E-state index is 13.4. The molecule has 14 nitrogen and oxygen atoms in total. The van der Waals surface area contributed by atoms with Gasteiger partial charge in [0.05, 0.1) is 6.04 Å². The van der Waals surface area contributed by atoms with Crippen molar-refractivity contribution in [3.63, 3.8) is 0 Å². The van der Waals surface area contributed by atoms with Crippen LogP contribution in [0.2, 0.25) is 0 Å². The van der Waals surface area contributed by atoms with Gasteiger partial charge in [-0.2, -0.15) is 0 Å². The number of rotatable bonds is 15. The van der Waals surface area contributed by atoms with E-state index in [1.807, 2.05) is 13.8 Å². The Hall–Kier alpha value is -3.42. The summed E-state index contributed by atoms with van der Waals surface area (Å²) in [4.78, 5) is 69.0. The fourth-order valence-electron chi connectivity index (χ4n) is 4.35. The minimum atomic E-state index is -1.20. The Balaban J connectivity index is 3.09. The molecular weight excluding hydrogens is 508 g/mol. The number of nitrogens with zero attached hydrogens (tertiary/aromatic N) is 2. The number of hydrogen-bond acceptors (Lipinski definition) is 7. The van der Waals surface area contributed by atoms with Gasteiger partial charge in [-0.3, -0.25) is 24.2 Å². The van der Waals surface area contributed by atoms with Gasteiger partial charge in [0.15, 0.2) is 5.96 Å². The monoisotopic (exact) mass is 554 g/mol. The van der Waals surface area contributed by atoms with Crippen molar-refractivity contribution >= 4 is 35.6 Å². The number of carboxylic acids is 1. The molecule has 0 aromatic heterocycles. The minimum absolute atomic E-state index is 0.0119. The van der Waals surface area contributed by atoms with Crippen molar-refractivity contribution in [1.82, 2.24) is 20.9 Å². The number of carbonyl (C=O) groups excluding carboxylic acids is 4. The van der Waals surface area contributed by atoms with Crippen LogP contribution in [-0.4, -0.2) is 88.9 Å². The molecule has 0 radical (unpaired) electrons. The largest absolute Gasteiger partial charge is 0.480 e. The van der Waals surface area contributed by atoms with Crippen LogP contribution in [0.4, 0.5) is 0 Å². The Morgan fingerprint density at radius 2 is 1.59 bits per heavy atom. The molecule has 0 aliphatic carbocycles. The Bertz CT molecular complexity index is 903. The van der Waals surface area contributed by atoms with Crippen molar-refractivity contribution < 1.29 is 29.1 Å². The number of aliphatic carboxylic acids is 1. The summed E-state index contributed by atoms with van der Waals surface area (Å²) >= 11 is 0. The third-order valence-corrected chi connectivity index (χ3v) is 6.38. The van der Waals surface area contributed by atoms with Crippen LogP contribution in [-0.2, 0) is 24.0 Å². The number of guanidine groups is 1. The highest BCUT2D eigenvalue weighted by Crippen LogP contribution is 2.19. The Morgan fingerprint density at radius 1 is 0.974 bits per heavy atom. The van der Waals surface area contributed by atoms with Crippen LogP contribution in [0.5, 0.6) is 0 Å². The van der Waals surface area contributed by atoms with Gasteiger partial charge in [-0.15, -0.1) is 0 Å². The number of nitrogens with two attached hydrogens (primary N) is 3. The van der Waals surface area contributed by atoms with E-state index in [-0.39, 0.29) is 37.2 Å². The van der Waals surface area contributed by atoms with Crippen LogP contribution in [0.25, 0.3) is 0 Å². The average molecular weight is 555 g/mol. The molecule has 1 aliphatic heterocycles. The van der Waals surface area contributed by atoms with Gasteiger partial charge in [0.1, 0.15) is 24.2 Å². The van der Waals surface area contributed by atoms with E-state index in [1.165, 1.54) is 4.90 Å². The molecule has 0 aromatic carbocycles. The summed E-state index contributed by atoms with van der Waals surface area (Å²) in [6.07, 6.45) is 1.81. The topological polar surface area (TPSA) is 235 Å². The SMILES string of the molecule is CC(C)C[C@H](NC(=O)[C@@H]1CCCN1C(=O)[C@H](C)N)C(=O)N[C@@H](CCCN=C(N)N)C(=O)N[C@H](C(=O)O)C(C)C. The van der Waals surface area contributed by atoms with Crippen molar-refractivity contribution in [2.24, 2.45) is 34.0 Å². The summed E-state index contributed by atoms with van der Waals surface area (Å²) in [5.41, 5.74) is 16.4. The van der Waals surface area contributed by atoms with Gasteiger partial charge >= 0.3 is 5.97 Å². The lowest BCUT2D eigenvalue weighted by Crippen LogP contribution is -2.58. The molecular formula is C25H46N8O6. The van der Waals surface area contributed by atoms with Crippen LogP contribution < -0.4 is 33.2 Å². The maximum Gasteiger partial charge on any atom is 0.326 e. The molecule has 0 spiro atoms. The molecule has 1 aliphatic rings. The predicted molar refractivity (Wildman–Crippen MR) is 146 cm³/mol. The van der Waals surface area contributed by atoms with E-state index in [0.29, 0.717) is 25.8 Å². The first-order valence-corrected chi connectivity index (χ1v) is 13.4. The van der Waals surface area contributed by atoms with E-state index in [4.69, 9.17) is 17.2 Å². The highest BCUT2D eigenvalue weighted by Gasteiger charge is 2.37. The van der Waals surface area contributed by atoms with Gasteiger partial charge in [-0.05, 0) is 50.9 Å². The second kappa shape index (κ2) is 15.9. The number of carboxylic acid groups (broad SMARTS) is 1.